The second-order valence-electron chi connectivity index (χ2n) is 8.36. The summed E-state index contributed by atoms with van der Waals surface area (Å²) in [6, 6.07) is 13.1. The Balaban J connectivity index is 1.89. The van der Waals surface area contributed by atoms with E-state index in [9.17, 15) is 14.4 Å². The summed E-state index contributed by atoms with van der Waals surface area (Å²) < 4.78 is 7.79. The van der Waals surface area contributed by atoms with Crippen molar-refractivity contribution in [3.63, 3.8) is 0 Å². The molecule has 0 aliphatic heterocycles. The minimum Gasteiger partial charge on any atom is -0.481 e. The summed E-state index contributed by atoms with van der Waals surface area (Å²) in [5, 5.41) is 12.7. The van der Waals surface area contributed by atoms with Crippen LogP contribution in [0.5, 0.6) is 5.75 Å². The van der Waals surface area contributed by atoms with Gasteiger partial charge in [-0.1, -0.05) is 24.6 Å². The number of nitrogens with one attached hydrogen (secondary N) is 1. The Bertz CT molecular complexity index is 1230. The van der Waals surface area contributed by atoms with Gasteiger partial charge in [-0.05, 0) is 54.7 Å². The van der Waals surface area contributed by atoms with Gasteiger partial charge in [-0.2, -0.15) is 0 Å². The fraction of sp³-hybridized carbons (Fsp3) is 0.320. The maximum atomic E-state index is 12.4. The number of carbonyl (C=O) groups excluding carboxylic acids is 2. The summed E-state index contributed by atoms with van der Waals surface area (Å²) >= 11 is 0. The van der Waals surface area contributed by atoms with Gasteiger partial charge in [0.15, 0.2) is 6.61 Å². The van der Waals surface area contributed by atoms with Crippen molar-refractivity contribution in [1.82, 2.24) is 4.57 Å². The summed E-state index contributed by atoms with van der Waals surface area (Å²) in [7, 11) is 0. The number of carbonyl (C=O) groups is 3. The van der Waals surface area contributed by atoms with E-state index < -0.39 is 24.4 Å². The van der Waals surface area contributed by atoms with Crippen LogP contribution in [0.2, 0.25) is 0 Å². The van der Waals surface area contributed by atoms with Gasteiger partial charge in [0.05, 0.1) is 11.4 Å². The van der Waals surface area contributed by atoms with Gasteiger partial charge in [0, 0.05) is 30.2 Å². The van der Waals surface area contributed by atoms with E-state index in [0.717, 1.165) is 47.0 Å². The topological polar surface area (TPSA) is 124 Å². The van der Waals surface area contributed by atoms with Crippen molar-refractivity contribution in [3.8, 4) is 5.75 Å². The highest BCUT2D eigenvalue weighted by molar-refractivity contribution is 5.97. The first kappa shape index (κ1) is 22.4. The minimum atomic E-state index is -1.07. The second kappa shape index (κ2) is 9.36. The van der Waals surface area contributed by atoms with Crippen molar-refractivity contribution in [1.29, 1.82) is 0 Å². The highest BCUT2D eigenvalue weighted by atomic mass is 16.5. The van der Waals surface area contributed by atoms with Crippen LogP contribution in [0, 0.1) is 0 Å². The molecule has 3 aromatic rings. The number of carboxylic acids is 1. The molecule has 4 rings (SSSR count). The number of hydrogen-bond donors (Lipinski definition) is 3. The Hall–Kier alpha value is -3.81. The Morgan fingerprint density at radius 1 is 1.18 bits per heavy atom. The maximum absolute atomic E-state index is 12.4. The van der Waals surface area contributed by atoms with E-state index >= 15 is 0 Å². The van der Waals surface area contributed by atoms with Gasteiger partial charge in [-0.25, -0.2) is 4.79 Å². The van der Waals surface area contributed by atoms with Crippen LogP contribution >= 0.6 is 0 Å². The Labute approximate surface area is 191 Å². The quantitative estimate of drug-likeness (QED) is 0.477. The standard InChI is InChI=1S/C25H27N3O5/c1-15(29)27-17-7-4-6-16(12-17)13-28-19-9-3-2-8-18(25(26)32)23(19)24-20(28)10-5-11-21(24)33-14-22(30)31/h4-7,10-12,18H,2-3,8-9,13-14H2,1H3,(H2,26,32)(H,27,29)(H,30,31). The zero-order valence-electron chi connectivity index (χ0n) is 18.5. The highest BCUT2D eigenvalue weighted by Gasteiger charge is 2.31. The summed E-state index contributed by atoms with van der Waals surface area (Å²) in [5.41, 5.74) is 10.2. The first-order valence-electron chi connectivity index (χ1n) is 11.0. The molecular formula is C25H27N3O5. The molecule has 8 heteroatoms. The molecule has 0 saturated carbocycles. The normalized spacial score (nSPS) is 15.5. The van der Waals surface area contributed by atoms with Gasteiger partial charge in [-0.15, -0.1) is 0 Å². The fourth-order valence-electron chi connectivity index (χ4n) is 4.74. The van der Waals surface area contributed by atoms with Crippen LogP contribution < -0.4 is 15.8 Å². The maximum Gasteiger partial charge on any atom is 0.341 e. The number of aromatic nitrogens is 1. The SMILES string of the molecule is CC(=O)Nc1cccc(Cn2c3c(c4c(OCC(=O)O)cccc42)C(C(N)=O)CCCC3)c1. The second-order valence-corrected chi connectivity index (χ2v) is 8.36. The van der Waals surface area contributed by atoms with Crippen molar-refractivity contribution in [2.24, 2.45) is 5.73 Å². The number of fused-ring (bicyclic) bond motifs is 3. The average Bonchev–Trinajstić information content (AvgIpc) is 2.91. The van der Waals surface area contributed by atoms with Crippen molar-refractivity contribution < 1.29 is 24.2 Å². The van der Waals surface area contributed by atoms with E-state index in [2.05, 4.69) is 9.88 Å². The number of nitrogens with zero attached hydrogens (tertiary/aromatic N) is 1. The van der Waals surface area contributed by atoms with E-state index in [1.165, 1.54) is 6.92 Å². The van der Waals surface area contributed by atoms with E-state index in [1.54, 1.807) is 6.07 Å². The predicted octanol–water partition coefficient (Wildman–Crippen LogP) is 3.41. The molecule has 0 spiro atoms. The number of ether oxygens (including phenoxy) is 1. The number of rotatable bonds is 7. The van der Waals surface area contributed by atoms with Gasteiger partial charge in [0.1, 0.15) is 5.75 Å². The first-order chi connectivity index (χ1) is 15.8. The van der Waals surface area contributed by atoms with Crippen LogP contribution in [0.25, 0.3) is 10.9 Å². The Kier molecular flexibility index (Phi) is 6.35. The van der Waals surface area contributed by atoms with Crippen molar-refractivity contribution in [2.75, 3.05) is 11.9 Å². The van der Waals surface area contributed by atoms with Gasteiger partial charge in [-0.3, -0.25) is 9.59 Å². The molecule has 8 nitrogen and oxygen atoms in total. The molecule has 2 aromatic carbocycles. The molecule has 0 radical (unpaired) electrons. The molecule has 172 valence electrons. The first-order valence-corrected chi connectivity index (χ1v) is 11.0. The van der Waals surface area contributed by atoms with Gasteiger partial charge in [0.25, 0.3) is 0 Å². The highest BCUT2D eigenvalue weighted by Crippen LogP contribution is 2.42. The minimum absolute atomic E-state index is 0.142. The largest absolute Gasteiger partial charge is 0.481 e. The Morgan fingerprint density at radius 3 is 2.70 bits per heavy atom. The molecule has 1 aromatic heterocycles. The third kappa shape index (κ3) is 4.69. The summed E-state index contributed by atoms with van der Waals surface area (Å²) in [5.74, 6) is -1.63. The Morgan fingerprint density at radius 2 is 1.97 bits per heavy atom. The fourth-order valence-corrected chi connectivity index (χ4v) is 4.74. The van der Waals surface area contributed by atoms with Crippen LogP contribution in [0.1, 0.15) is 48.9 Å². The smallest absolute Gasteiger partial charge is 0.341 e. The molecule has 1 atom stereocenters. The van der Waals surface area contributed by atoms with Gasteiger partial charge in [0.2, 0.25) is 11.8 Å². The number of hydrogen-bond acceptors (Lipinski definition) is 4. The van der Waals surface area contributed by atoms with E-state index in [1.807, 2.05) is 36.4 Å². The molecule has 0 fully saturated rings. The number of aliphatic carboxylic acids is 1. The zero-order chi connectivity index (χ0) is 23.5. The lowest BCUT2D eigenvalue weighted by molar-refractivity contribution is -0.139. The third-order valence-corrected chi connectivity index (χ3v) is 5.99. The number of primary amides is 1. The number of carboxylic acid groups (broad SMARTS) is 1. The summed E-state index contributed by atoms with van der Waals surface area (Å²) in [6.45, 7) is 1.51. The molecule has 0 saturated heterocycles. The lowest BCUT2D eigenvalue weighted by Gasteiger charge is -2.14. The summed E-state index contributed by atoms with van der Waals surface area (Å²) in [4.78, 5) is 35.1. The molecule has 2 amide bonds. The number of amides is 2. The van der Waals surface area contributed by atoms with Crippen molar-refractivity contribution in [2.45, 2.75) is 45.1 Å². The molecule has 4 N–H and O–H groups in total. The van der Waals surface area contributed by atoms with E-state index in [4.69, 9.17) is 15.6 Å². The zero-order valence-corrected chi connectivity index (χ0v) is 18.5. The van der Waals surface area contributed by atoms with Crippen LogP contribution in [0.3, 0.4) is 0 Å². The van der Waals surface area contributed by atoms with Crippen LogP contribution in [-0.4, -0.2) is 34.1 Å². The predicted molar refractivity (Wildman–Crippen MR) is 124 cm³/mol. The summed E-state index contributed by atoms with van der Waals surface area (Å²) in [6.07, 6.45) is 3.22. The molecule has 1 heterocycles. The molecule has 1 unspecified atom stereocenters. The molecule has 1 aliphatic rings. The lowest BCUT2D eigenvalue weighted by Crippen LogP contribution is -2.21. The monoisotopic (exact) mass is 449 g/mol. The molecule has 33 heavy (non-hydrogen) atoms. The molecule has 1 aliphatic carbocycles. The van der Waals surface area contributed by atoms with Crippen molar-refractivity contribution >= 4 is 34.4 Å². The van der Waals surface area contributed by atoms with Gasteiger partial charge >= 0.3 is 5.97 Å². The lowest BCUT2D eigenvalue weighted by atomic mass is 9.92. The van der Waals surface area contributed by atoms with Crippen LogP contribution in [0.15, 0.2) is 42.5 Å². The average molecular weight is 450 g/mol. The van der Waals surface area contributed by atoms with E-state index in [-0.39, 0.29) is 5.91 Å². The van der Waals surface area contributed by atoms with Crippen molar-refractivity contribution in [3.05, 3.63) is 59.3 Å². The number of benzene rings is 2. The third-order valence-electron chi connectivity index (χ3n) is 5.99. The number of nitrogens with two attached hydrogens (primary N) is 1. The number of anilines is 1. The van der Waals surface area contributed by atoms with Crippen LogP contribution in [0.4, 0.5) is 5.69 Å². The van der Waals surface area contributed by atoms with Crippen LogP contribution in [-0.2, 0) is 27.3 Å². The van der Waals surface area contributed by atoms with E-state index in [0.29, 0.717) is 24.4 Å². The molecular weight excluding hydrogens is 422 g/mol. The molecule has 0 bridgehead atoms. The van der Waals surface area contributed by atoms with Gasteiger partial charge < -0.3 is 25.5 Å².